The lowest BCUT2D eigenvalue weighted by atomic mass is 9.86. The van der Waals surface area contributed by atoms with Crippen LogP contribution >= 0.6 is 0 Å². The minimum atomic E-state index is -0.457. The van der Waals surface area contributed by atoms with Crippen molar-refractivity contribution >= 4 is 5.91 Å². The van der Waals surface area contributed by atoms with E-state index >= 15 is 0 Å². The second-order valence-electron chi connectivity index (χ2n) is 7.65. The Morgan fingerprint density at radius 1 is 1.19 bits per heavy atom. The highest BCUT2D eigenvalue weighted by molar-refractivity contribution is 5.78. The summed E-state index contributed by atoms with van der Waals surface area (Å²) in [7, 11) is 3.05. The van der Waals surface area contributed by atoms with Crippen LogP contribution in [-0.4, -0.2) is 62.7 Å². The summed E-state index contributed by atoms with van der Waals surface area (Å²) in [6.45, 7) is 3.71. The van der Waals surface area contributed by atoms with Crippen LogP contribution in [0, 0.1) is 0 Å². The van der Waals surface area contributed by atoms with Crippen molar-refractivity contribution in [2.24, 2.45) is 0 Å². The minimum absolute atomic E-state index is 0.00186. The van der Waals surface area contributed by atoms with Crippen LogP contribution in [0.1, 0.15) is 30.4 Å². The van der Waals surface area contributed by atoms with Crippen molar-refractivity contribution in [3.05, 3.63) is 41.5 Å². The van der Waals surface area contributed by atoms with E-state index < -0.39 is 5.92 Å². The molecule has 0 aromatic heterocycles. The number of phenolic OH excluding ortho intramolecular Hbond substituents is 1. The number of aromatic hydroxyl groups is 1. The van der Waals surface area contributed by atoms with Gasteiger partial charge in [0.1, 0.15) is 17.2 Å². The van der Waals surface area contributed by atoms with Crippen LogP contribution in [-0.2, 0) is 9.53 Å². The number of carbonyl (C=O) groups is 1. The van der Waals surface area contributed by atoms with Crippen LogP contribution in [0.25, 0.3) is 0 Å². The lowest BCUT2D eigenvalue weighted by Crippen LogP contribution is -2.44. The third-order valence-electron chi connectivity index (χ3n) is 5.67. The maximum atomic E-state index is 13.2. The van der Waals surface area contributed by atoms with Gasteiger partial charge in [0.05, 0.1) is 26.9 Å². The molecule has 1 amide bonds. The molecular weight excluding hydrogens is 402 g/mol. The molecule has 8 nitrogen and oxygen atoms in total. The first-order valence-corrected chi connectivity index (χ1v) is 10.2. The van der Waals surface area contributed by atoms with Gasteiger partial charge in [0.25, 0.3) is 0 Å². The minimum Gasteiger partial charge on any atom is -0.507 e. The summed E-state index contributed by atoms with van der Waals surface area (Å²) in [5, 5.41) is 10.9. The number of amides is 1. The van der Waals surface area contributed by atoms with Gasteiger partial charge in [0.15, 0.2) is 11.5 Å². The Morgan fingerprint density at radius 3 is 2.74 bits per heavy atom. The van der Waals surface area contributed by atoms with Crippen LogP contribution in [0.15, 0.2) is 30.3 Å². The number of rotatable bonds is 6. The van der Waals surface area contributed by atoms with E-state index in [0.29, 0.717) is 48.3 Å². The average Bonchev–Trinajstić information content (AvgIpc) is 3.25. The van der Waals surface area contributed by atoms with Crippen LogP contribution in [0.2, 0.25) is 0 Å². The quantitative estimate of drug-likeness (QED) is 0.756. The molecular formula is C23H27NO7. The molecule has 2 aliphatic heterocycles. The lowest BCUT2D eigenvalue weighted by molar-refractivity contribution is -0.138. The van der Waals surface area contributed by atoms with E-state index in [1.54, 1.807) is 11.0 Å². The Hall–Kier alpha value is -3.13. The second kappa shape index (κ2) is 8.93. The van der Waals surface area contributed by atoms with Crippen LogP contribution in [0.4, 0.5) is 0 Å². The summed E-state index contributed by atoms with van der Waals surface area (Å²) < 4.78 is 27.4. The zero-order valence-electron chi connectivity index (χ0n) is 17.9. The Labute approximate surface area is 181 Å². The number of ether oxygens (including phenoxy) is 5. The van der Waals surface area contributed by atoms with E-state index in [9.17, 15) is 9.90 Å². The topological polar surface area (TPSA) is 86.7 Å². The Morgan fingerprint density at radius 2 is 2.00 bits per heavy atom. The molecule has 2 unspecified atom stereocenters. The van der Waals surface area contributed by atoms with Crippen LogP contribution < -0.4 is 18.9 Å². The zero-order valence-corrected chi connectivity index (χ0v) is 17.9. The molecule has 8 heteroatoms. The Bertz CT molecular complexity index is 961. The highest BCUT2D eigenvalue weighted by atomic mass is 16.7. The molecule has 166 valence electrons. The van der Waals surface area contributed by atoms with Gasteiger partial charge >= 0.3 is 0 Å². The first kappa shape index (κ1) is 21.1. The summed E-state index contributed by atoms with van der Waals surface area (Å²) in [5.41, 5.74) is 1.34. The van der Waals surface area contributed by atoms with E-state index in [2.05, 4.69) is 0 Å². The lowest BCUT2D eigenvalue weighted by Gasteiger charge is -2.32. The smallest absolute Gasteiger partial charge is 0.231 e. The maximum Gasteiger partial charge on any atom is 0.231 e. The molecule has 1 N–H and O–H groups in total. The number of benzene rings is 2. The van der Waals surface area contributed by atoms with Gasteiger partial charge < -0.3 is 33.7 Å². The number of fused-ring (bicyclic) bond motifs is 1. The number of nitrogens with zero attached hydrogens (tertiary/aromatic N) is 1. The highest BCUT2D eigenvalue weighted by Gasteiger charge is 2.30. The van der Waals surface area contributed by atoms with Crippen molar-refractivity contribution in [1.29, 1.82) is 0 Å². The molecule has 0 spiro atoms. The molecule has 4 rings (SSSR count). The number of hydrogen-bond donors (Lipinski definition) is 1. The Balaban J connectivity index is 1.74. The monoisotopic (exact) mass is 429 g/mol. The van der Waals surface area contributed by atoms with E-state index in [1.165, 1.54) is 20.3 Å². The van der Waals surface area contributed by atoms with Gasteiger partial charge in [-0.2, -0.15) is 0 Å². The standard InChI is InChI=1S/C23H27NO7/c1-14-12-24(6-7-29-14)22(26)11-17(15-4-5-19-20(8-15)31-13-30-19)23-18(25)9-16(27-2)10-21(23)28-3/h4-5,8-10,14,17,25H,6-7,11-13H2,1-3H3. The van der Waals surface area contributed by atoms with E-state index in [0.717, 1.165) is 5.56 Å². The maximum absolute atomic E-state index is 13.2. The van der Waals surface area contributed by atoms with E-state index in [1.807, 2.05) is 25.1 Å². The fourth-order valence-corrected chi connectivity index (χ4v) is 4.09. The summed E-state index contributed by atoms with van der Waals surface area (Å²) in [6.07, 6.45) is 0.147. The number of carbonyl (C=O) groups excluding carboxylic acids is 1. The molecule has 1 saturated heterocycles. The first-order valence-electron chi connectivity index (χ1n) is 10.2. The zero-order chi connectivity index (χ0) is 22.0. The van der Waals surface area contributed by atoms with Crippen LogP contribution in [0.5, 0.6) is 28.7 Å². The van der Waals surface area contributed by atoms with Crippen molar-refractivity contribution < 1.29 is 33.6 Å². The van der Waals surface area contributed by atoms with Crippen LogP contribution in [0.3, 0.4) is 0 Å². The molecule has 2 heterocycles. The molecule has 2 aromatic carbocycles. The van der Waals surface area contributed by atoms with E-state index in [-0.39, 0.29) is 31.0 Å². The Kier molecular flexibility index (Phi) is 6.08. The first-order chi connectivity index (χ1) is 15.0. The molecule has 1 fully saturated rings. The van der Waals surface area contributed by atoms with Gasteiger partial charge in [0, 0.05) is 43.1 Å². The van der Waals surface area contributed by atoms with Gasteiger partial charge in [-0.15, -0.1) is 0 Å². The fourth-order valence-electron chi connectivity index (χ4n) is 4.09. The van der Waals surface area contributed by atoms with Crippen molar-refractivity contribution in [1.82, 2.24) is 4.90 Å². The molecule has 2 atom stereocenters. The van der Waals surface area contributed by atoms with Gasteiger partial charge in [-0.1, -0.05) is 6.07 Å². The van der Waals surface area contributed by atoms with E-state index in [4.69, 9.17) is 23.7 Å². The molecule has 2 aliphatic rings. The predicted octanol–water partition coefficient (Wildman–Crippen LogP) is 2.91. The molecule has 0 saturated carbocycles. The molecule has 31 heavy (non-hydrogen) atoms. The normalized spacial score (nSPS) is 18.5. The summed E-state index contributed by atoms with van der Waals surface area (Å²) in [5.74, 6) is 1.71. The largest absolute Gasteiger partial charge is 0.507 e. The average molecular weight is 429 g/mol. The summed E-state index contributed by atoms with van der Waals surface area (Å²) in [4.78, 5) is 15.0. The van der Waals surface area contributed by atoms with Gasteiger partial charge in [-0.3, -0.25) is 4.79 Å². The summed E-state index contributed by atoms with van der Waals surface area (Å²) >= 11 is 0. The molecule has 0 radical (unpaired) electrons. The number of morpholine rings is 1. The number of phenols is 1. The van der Waals surface area contributed by atoms with Crippen molar-refractivity contribution in [2.75, 3.05) is 40.7 Å². The number of hydrogen-bond acceptors (Lipinski definition) is 7. The van der Waals surface area contributed by atoms with Crippen molar-refractivity contribution in [3.63, 3.8) is 0 Å². The highest BCUT2D eigenvalue weighted by Crippen LogP contribution is 2.45. The second-order valence-corrected chi connectivity index (χ2v) is 7.65. The SMILES string of the molecule is COc1cc(O)c(C(CC(=O)N2CCOC(C)C2)c2ccc3c(c2)OCO3)c(OC)c1. The van der Waals surface area contributed by atoms with Gasteiger partial charge in [-0.05, 0) is 24.6 Å². The van der Waals surface area contributed by atoms with Gasteiger partial charge in [-0.25, -0.2) is 0 Å². The van der Waals surface area contributed by atoms with Crippen molar-refractivity contribution in [3.8, 4) is 28.7 Å². The third kappa shape index (κ3) is 4.34. The van der Waals surface area contributed by atoms with Gasteiger partial charge in [0.2, 0.25) is 12.7 Å². The van der Waals surface area contributed by atoms with Crippen molar-refractivity contribution in [2.45, 2.75) is 25.4 Å². The molecule has 0 aliphatic carbocycles. The fraction of sp³-hybridized carbons (Fsp3) is 0.435. The predicted molar refractivity (Wildman–Crippen MR) is 112 cm³/mol. The number of methoxy groups -OCH3 is 2. The molecule has 0 bridgehead atoms. The third-order valence-corrected chi connectivity index (χ3v) is 5.67. The summed E-state index contributed by atoms with van der Waals surface area (Å²) in [6, 6.07) is 8.79. The molecule has 2 aromatic rings.